The van der Waals surface area contributed by atoms with Crippen LogP contribution in [-0.4, -0.2) is 29.8 Å². The molecule has 2 fully saturated rings. The zero-order valence-corrected chi connectivity index (χ0v) is 12.8. The number of rotatable bonds is 2. The van der Waals surface area contributed by atoms with E-state index in [0.717, 1.165) is 35.9 Å². The summed E-state index contributed by atoms with van der Waals surface area (Å²) in [5.74, 6) is 2.38. The minimum atomic E-state index is 0.121. The number of halogens is 1. The number of anilines is 1. The molecule has 0 saturated carbocycles. The SMILES string of the molecule is Cc1cccc(Cl)c1NC1CCOC2(CCSC2)C1. The molecule has 1 spiro atoms. The zero-order chi connectivity index (χ0) is 13.3. The number of aryl methyl sites for hydroxylation is 1. The predicted octanol–water partition coefficient (Wildman–Crippen LogP) is 4.12. The van der Waals surface area contributed by atoms with Crippen molar-refractivity contribution < 1.29 is 4.74 Å². The predicted molar refractivity (Wildman–Crippen MR) is 83.5 cm³/mol. The molecule has 2 nitrogen and oxygen atoms in total. The van der Waals surface area contributed by atoms with Gasteiger partial charge in [0.25, 0.3) is 0 Å². The quantitative estimate of drug-likeness (QED) is 0.887. The number of thioether (sulfide) groups is 1. The van der Waals surface area contributed by atoms with Crippen molar-refractivity contribution in [1.82, 2.24) is 0 Å². The van der Waals surface area contributed by atoms with E-state index < -0.39 is 0 Å². The summed E-state index contributed by atoms with van der Waals surface area (Å²) in [7, 11) is 0. The topological polar surface area (TPSA) is 21.3 Å². The highest BCUT2D eigenvalue weighted by Gasteiger charge is 2.40. The second-order valence-corrected chi connectivity index (χ2v) is 7.11. The largest absolute Gasteiger partial charge is 0.381 e. The Bertz CT molecular complexity index is 439. The third kappa shape index (κ3) is 2.88. The fourth-order valence-corrected chi connectivity index (χ4v) is 4.69. The molecular weight excluding hydrogens is 278 g/mol. The van der Waals surface area contributed by atoms with Gasteiger partial charge in [-0.3, -0.25) is 0 Å². The van der Waals surface area contributed by atoms with Gasteiger partial charge in [0.1, 0.15) is 0 Å². The molecule has 2 unspecified atom stereocenters. The number of hydrogen-bond donors (Lipinski definition) is 1. The molecule has 1 aromatic rings. The summed E-state index contributed by atoms with van der Waals surface area (Å²) in [4.78, 5) is 0. The maximum atomic E-state index is 6.30. The molecule has 2 aliphatic rings. The van der Waals surface area contributed by atoms with Gasteiger partial charge < -0.3 is 10.1 Å². The molecule has 3 rings (SSSR count). The molecule has 0 aliphatic carbocycles. The molecule has 104 valence electrons. The zero-order valence-electron chi connectivity index (χ0n) is 11.2. The summed E-state index contributed by atoms with van der Waals surface area (Å²) >= 11 is 8.32. The van der Waals surface area contributed by atoms with Crippen molar-refractivity contribution in [2.45, 2.75) is 37.8 Å². The Kier molecular flexibility index (Phi) is 3.97. The Morgan fingerprint density at radius 1 is 1.47 bits per heavy atom. The van der Waals surface area contributed by atoms with Crippen LogP contribution in [0.25, 0.3) is 0 Å². The van der Waals surface area contributed by atoms with Crippen molar-refractivity contribution >= 4 is 29.1 Å². The molecule has 2 aliphatic heterocycles. The van der Waals surface area contributed by atoms with Crippen LogP contribution < -0.4 is 5.32 Å². The number of benzene rings is 1. The van der Waals surface area contributed by atoms with Gasteiger partial charge in [-0.25, -0.2) is 0 Å². The van der Waals surface area contributed by atoms with Gasteiger partial charge in [-0.2, -0.15) is 11.8 Å². The van der Waals surface area contributed by atoms with Crippen LogP contribution in [0.3, 0.4) is 0 Å². The van der Waals surface area contributed by atoms with Gasteiger partial charge in [0.05, 0.1) is 16.3 Å². The molecule has 19 heavy (non-hydrogen) atoms. The minimum Gasteiger partial charge on any atom is -0.381 e. The summed E-state index contributed by atoms with van der Waals surface area (Å²) in [6.07, 6.45) is 3.36. The van der Waals surface area contributed by atoms with Crippen LogP contribution >= 0.6 is 23.4 Å². The fourth-order valence-electron chi connectivity index (χ4n) is 3.03. The van der Waals surface area contributed by atoms with Crippen LogP contribution in [0.4, 0.5) is 5.69 Å². The van der Waals surface area contributed by atoms with Crippen LogP contribution in [0.2, 0.25) is 5.02 Å². The van der Waals surface area contributed by atoms with Gasteiger partial charge in [-0.05, 0) is 43.6 Å². The third-order valence-electron chi connectivity index (χ3n) is 4.13. The number of para-hydroxylation sites is 1. The van der Waals surface area contributed by atoms with E-state index in [1.807, 2.05) is 23.9 Å². The van der Waals surface area contributed by atoms with Crippen molar-refractivity contribution in [1.29, 1.82) is 0 Å². The average Bonchev–Trinajstić information content (AvgIpc) is 2.82. The fraction of sp³-hybridized carbons (Fsp3) is 0.600. The Hall–Kier alpha value is -0.380. The summed E-state index contributed by atoms with van der Waals surface area (Å²) in [6.45, 7) is 2.97. The molecule has 4 heteroatoms. The van der Waals surface area contributed by atoms with Crippen LogP contribution in [0, 0.1) is 6.92 Å². The molecule has 2 heterocycles. The highest BCUT2D eigenvalue weighted by atomic mass is 35.5. The lowest BCUT2D eigenvalue weighted by atomic mass is 9.89. The van der Waals surface area contributed by atoms with Gasteiger partial charge in [-0.1, -0.05) is 23.7 Å². The van der Waals surface area contributed by atoms with Gasteiger partial charge in [-0.15, -0.1) is 0 Å². The highest BCUT2D eigenvalue weighted by Crippen LogP contribution is 2.39. The molecule has 2 atom stereocenters. The summed E-state index contributed by atoms with van der Waals surface area (Å²) in [5, 5.41) is 4.47. The monoisotopic (exact) mass is 297 g/mol. The van der Waals surface area contributed by atoms with E-state index in [1.54, 1.807) is 0 Å². The van der Waals surface area contributed by atoms with E-state index in [4.69, 9.17) is 16.3 Å². The van der Waals surface area contributed by atoms with E-state index in [0.29, 0.717) is 6.04 Å². The lowest BCUT2D eigenvalue weighted by molar-refractivity contribution is -0.0628. The number of nitrogens with one attached hydrogen (secondary N) is 1. The maximum Gasteiger partial charge on any atom is 0.0799 e. The lowest BCUT2D eigenvalue weighted by Gasteiger charge is -2.38. The molecule has 1 N–H and O–H groups in total. The average molecular weight is 298 g/mol. The minimum absolute atomic E-state index is 0.121. The van der Waals surface area contributed by atoms with Crippen LogP contribution in [0.15, 0.2) is 18.2 Å². The van der Waals surface area contributed by atoms with E-state index in [-0.39, 0.29) is 5.60 Å². The first-order valence-electron chi connectivity index (χ1n) is 6.92. The summed E-state index contributed by atoms with van der Waals surface area (Å²) in [6, 6.07) is 6.54. The summed E-state index contributed by atoms with van der Waals surface area (Å²) < 4.78 is 6.06. The molecule has 0 bridgehead atoms. The second-order valence-electron chi connectivity index (χ2n) is 5.60. The second kappa shape index (κ2) is 5.55. The van der Waals surface area contributed by atoms with Crippen molar-refractivity contribution in [2.24, 2.45) is 0 Å². The smallest absolute Gasteiger partial charge is 0.0799 e. The van der Waals surface area contributed by atoms with E-state index in [2.05, 4.69) is 18.3 Å². The Balaban J connectivity index is 1.73. The number of hydrogen-bond acceptors (Lipinski definition) is 3. The van der Waals surface area contributed by atoms with Crippen molar-refractivity contribution in [3.8, 4) is 0 Å². The van der Waals surface area contributed by atoms with E-state index >= 15 is 0 Å². The molecule has 2 saturated heterocycles. The number of ether oxygens (including phenoxy) is 1. The molecule has 0 amide bonds. The third-order valence-corrected chi connectivity index (χ3v) is 5.67. The van der Waals surface area contributed by atoms with Crippen molar-refractivity contribution in [3.63, 3.8) is 0 Å². The molecule has 0 radical (unpaired) electrons. The van der Waals surface area contributed by atoms with Crippen LogP contribution in [-0.2, 0) is 4.74 Å². The first-order chi connectivity index (χ1) is 9.19. The maximum absolute atomic E-state index is 6.30. The molecular formula is C15H20ClNOS. The van der Waals surface area contributed by atoms with Gasteiger partial charge in [0.2, 0.25) is 0 Å². The van der Waals surface area contributed by atoms with E-state index in [1.165, 1.54) is 17.7 Å². The van der Waals surface area contributed by atoms with Crippen molar-refractivity contribution in [2.75, 3.05) is 23.4 Å². The van der Waals surface area contributed by atoms with Crippen LogP contribution in [0.1, 0.15) is 24.8 Å². The highest BCUT2D eigenvalue weighted by molar-refractivity contribution is 7.99. The van der Waals surface area contributed by atoms with Gasteiger partial charge >= 0.3 is 0 Å². The first-order valence-corrected chi connectivity index (χ1v) is 8.45. The van der Waals surface area contributed by atoms with E-state index in [9.17, 15) is 0 Å². The lowest BCUT2D eigenvalue weighted by Crippen LogP contribution is -2.44. The Morgan fingerprint density at radius 2 is 2.37 bits per heavy atom. The van der Waals surface area contributed by atoms with Gasteiger partial charge in [0.15, 0.2) is 0 Å². The Morgan fingerprint density at radius 3 is 3.11 bits per heavy atom. The van der Waals surface area contributed by atoms with Gasteiger partial charge in [0, 0.05) is 18.4 Å². The molecule has 0 aromatic heterocycles. The van der Waals surface area contributed by atoms with Crippen LogP contribution in [0.5, 0.6) is 0 Å². The first kappa shape index (κ1) is 13.6. The molecule has 1 aromatic carbocycles. The summed E-state index contributed by atoms with van der Waals surface area (Å²) in [5.41, 5.74) is 2.43. The van der Waals surface area contributed by atoms with Crippen molar-refractivity contribution in [3.05, 3.63) is 28.8 Å². The normalized spacial score (nSPS) is 30.7. The Labute approximate surface area is 124 Å². The standard InChI is InChI=1S/C15H20ClNOS/c1-11-3-2-4-13(16)14(11)17-12-5-7-18-15(9-12)6-8-19-10-15/h2-4,12,17H,5-10H2,1H3.